The number of ether oxygens (including phenoxy) is 1. The first-order valence-electron chi connectivity index (χ1n) is 7.78. The van der Waals surface area contributed by atoms with Gasteiger partial charge in [0.1, 0.15) is 0 Å². The summed E-state index contributed by atoms with van der Waals surface area (Å²) in [7, 11) is 0. The predicted octanol–water partition coefficient (Wildman–Crippen LogP) is 3.77. The van der Waals surface area contributed by atoms with Crippen LogP contribution in [0.3, 0.4) is 0 Å². The molecular weight excluding hydrogens is 234 g/mol. The van der Waals surface area contributed by atoms with Crippen molar-refractivity contribution in [3.05, 3.63) is 35.4 Å². The third-order valence-corrected chi connectivity index (χ3v) is 4.87. The SMILES string of the molecule is NC(c1ccc(C2CCCCC2)cc1)C1CCOC1. The normalized spacial score (nSPS) is 26.5. The number of rotatable bonds is 3. The summed E-state index contributed by atoms with van der Waals surface area (Å²) >= 11 is 0. The van der Waals surface area contributed by atoms with Crippen LogP contribution >= 0.6 is 0 Å². The Morgan fingerprint density at radius 2 is 1.74 bits per heavy atom. The zero-order valence-electron chi connectivity index (χ0n) is 11.7. The summed E-state index contributed by atoms with van der Waals surface area (Å²) in [5.41, 5.74) is 9.13. The topological polar surface area (TPSA) is 35.2 Å². The molecule has 2 atom stereocenters. The number of benzene rings is 1. The van der Waals surface area contributed by atoms with Crippen molar-refractivity contribution in [2.24, 2.45) is 11.7 Å². The maximum Gasteiger partial charge on any atom is 0.0513 e. The van der Waals surface area contributed by atoms with Crippen molar-refractivity contribution in [1.82, 2.24) is 0 Å². The lowest BCUT2D eigenvalue weighted by molar-refractivity contribution is 0.181. The molecule has 2 fully saturated rings. The highest BCUT2D eigenvalue weighted by Gasteiger charge is 2.24. The van der Waals surface area contributed by atoms with Crippen LogP contribution in [0.2, 0.25) is 0 Å². The van der Waals surface area contributed by atoms with Crippen LogP contribution in [0.1, 0.15) is 61.6 Å². The molecule has 1 heterocycles. The van der Waals surface area contributed by atoms with Crippen LogP contribution in [0.25, 0.3) is 0 Å². The Morgan fingerprint density at radius 3 is 2.37 bits per heavy atom. The first-order chi connectivity index (χ1) is 9.34. The van der Waals surface area contributed by atoms with Crippen molar-refractivity contribution in [3.8, 4) is 0 Å². The first-order valence-corrected chi connectivity index (χ1v) is 7.78. The van der Waals surface area contributed by atoms with E-state index in [9.17, 15) is 0 Å². The molecule has 19 heavy (non-hydrogen) atoms. The second-order valence-electron chi connectivity index (χ2n) is 6.15. The van der Waals surface area contributed by atoms with E-state index in [0.717, 1.165) is 25.6 Å². The van der Waals surface area contributed by atoms with Crippen LogP contribution in [0, 0.1) is 5.92 Å². The molecule has 2 aliphatic rings. The van der Waals surface area contributed by atoms with E-state index in [4.69, 9.17) is 10.5 Å². The van der Waals surface area contributed by atoms with Crippen molar-refractivity contribution in [3.63, 3.8) is 0 Å². The lowest BCUT2D eigenvalue weighted by Crippen LogP contribution is -2.21. The molecule has 2 nitrogen and oxygen atoms in total. The van der Waals surface area contributed by atoms with Gasteiger partial charge in [0.05, 0.1) is 6.61 Å². The van der Waals surface area contributed by atoms with Crippen LogP contribution in [0.15, 0.2) is 24.3 Å². The first kappa shape index (κ1) is 13.1. The van der Waals surface area contributed by atoms with E-state index in [2.05, 4.69) is 24.3 Å². The fourth-order valence-electron chi connectivity index (χ4n) is 3.53. The molecule has 2 unspecified atom stereocenters. The minimum atomic E-state index is 0.142. The van der Waals surface area contributed by atoms with Gasteiger partial charge in [-0.2, -0.15) is 0 Å². The summed E-state index contributed by atoms with van der Waals surface area (Å²) in [6.45, 7) is 1.70. The monoisotopic (exact) mass is 259 g/mol. The smallest absolute Gasteiger partial charge is 0.0513 e. The summed E-state index contributed by atoms with van der Waals surface area (Å²) in [4.78, 5) is 0. The summed E-state index contributed by atoms with van der Waals surface area (Å²) in [6.07, 6.45) is 8.03. The summed E-state index contributed by atoms with van der Waals surface area (Å²) in [6, 6.07) is 9.24. The van der Waals surface area contributed by atoms with Gasteiger partial charge in [-0.05, 0) is 36.3 Å². The predicted molar refractivity (Wildman–Crippen MR) is 78.1 cm³/mol. The maximum absolute atomic E-state index is 6.35. The van der Waals surface area contributed by atoms with Gasteiger partial charge in [-0.1, -0.05) is 43.5 Å². The van der Waals surface area contributed by atoms with Crippen LogP contribution in [0.5, 0.6) is 0 Å². The highest BCUT2D eigenvalue weighted by atomic mass is 16.5. The quantitative estimate of drug-likeness (QED) is 0.896. The van der Waals surface area contributed by atoms with Gasteiger partial charge in [-0.15, -0.1) is 0 Å². The van der Waals surface area contributed by atoms with Crippen LogP contribution in [-0.4, -0.2) is 13.2 Å². The average Bonchev–Trinajstić information content (AvgIpc) is 3.02. The van der Waals surface area contributed by atoms with Gasteiger partial charge in [0.15, 0.2) is 0 Å². The second kappa shape index (κ2) is 6.06. The number of nitrogens with two attached hydrogens (primary N) is 1. The van der Waals surface area contributed by atoms with Gasteiger partial charge >= 0.3 is 0 Å². The van der Waals surface area contributed by atoms with E-state index in [-0.39, 0.29) is 6.04 Å². The van der Waals surface area contributed by atoms with Gasteiger partial charge in [0, 0.05) is 18.6 Å². The molecule has 1 saturated heterocycles. The zero-order valence-corrected chi connectivity index (χ0v) is 11.7. The minimum absolute atomic E-state index is 0.142. The number of hydrogen-bond acceptors (Lipinski definition) is 2. The molecular formula is C17H25NO. The van der Waals surface area contributed by atoms with Crippen LogP contribution in [-0.2, 0) is 4.74 Å². The van der Waals surface area contributed by atoms with Gasteiger partial charge in [0.25, 0.3) is 0 Å². The third kappa shape index (κ3) is 3.01. The standard InChI is InChI=1S/C17H25NO/c18-17(16-10-11-19-12-16)15-8-6-14(7-9-15)13-4-2-1-3-5-13/h6-9,13,16-17H,1-5,10-12,18H2. The molecule has 0 aromatic heterocycles. The number of hydrogen-bond donors (Lipinski definition) is 1. The van der Waals surface area contributed by atoms with Gasteiger partial charge in [-0.3, -0.25) is 0 Å². The summed E-state index contributed by atoms with van der Waals surface area (Å²) < 4.78 is 5.44. The van der Waals surface area contributed by atoms with Gasteiger partial charge in [-0.25, -0.2) is 0 Å². The highest BCUT2D eigenvalue weighted by molar-refractivity contribution is 5.28. The van der Waals surface area contributed by atoms with E-state index in [0.29, 0.717) is 5.92 Å². The Bertz CT molecular complexity index is 388. The fraction of sp³-hybridized carbons (Fsp3) is 0.647. The molecule has 0 radical (unpaired) electrons. The molecule has 2 heteroatoms. The highest BCUT2D eigenvalue weighted by Crippen LogP contribution is 2.34. The molecule has 2 N–H and O–H groups in total. The average molecular weight is 259 g/mol. The Labute approximate surface area is 116 Å². The Hall–Kier alpha value is -0.860. The molecule has 1 saturated carbocycles. The molecule has 104 valence electrons. The Morgan fingerprint density at radius 1 is 1.00 bits per heavy atom. The second-order valence-corrected chi connectivity index (χ2v) is 6.15. The lowest BCUT2D eigenvalue weighted by atomic mass is 9.83. The van der Waals surface area contributed by atoms with Crippen molar-refractivity contribution in [2.75, 3.05) is 13.2 Å². The van der Waals surface area contributed by atoms with Crippen molar-refractivity contribution in [1.29, 1.82) is 0 Å². The van der Waals surface area contributed by atoms with E-state index < -0.39 is 0 Å². The summed E-state index contributed by atoms with van der Waals surface area (Å²) in [5, 5.41) is 0. The van der Waals surface area contributed by atoms with Crippen molar-refractivity contribution >= 4 is 0 Å². The molecule has 0 bridgehead atoms. The molecule has 1 aliphatic carbocycles. The maximum atomic E-state index is 6.35. The Balaban J connectivity index is 1.67. The van der Waals surface area contributed by atoms with Gasteiger partial charge < -0.3 is 10.5 Å². The molecule has 0 spiro atoms. The molecule has 1 aromatic carbocycles. The van der Waals surface area contributed by atoms with Gasteiger partial charge in [0.2, 0.25) is 0 Å². The molecule has 1 aliphatic heterocycles. The summed E-state index contributed by atoms with van der Waals surface area (Å²) in [5.74, 6) is 1.29. The van der Waals surface area contributed by atoms with E-state index in [1.807, 2.05) is 0 Å². The van der Waals surface area contributed by atoms with E-state index in [1.54, 1.807) is 0 Å². The Kier molecular flexibility index (Phi) is 4.19. The molecule has 0 amide bonds. The van der Waals surface area contributed by atoms with E-state index >= 15 is 0 Å². The zero-order chi connectivity index (χ0) is 13.1. The lowest BCUT2D eigenvalue weighted by Gasteiger charge is -2.23. The van der Waals surface area contributed by atoms with Crippen molar-refractivity contribution < 1.29 is 4.74 Å². The molecule has 3 rings (SSSR count). The van der Waals surface area contributed by atoms with Crippen LogP contribution < -0.4 is 5.73 Å². The third-order valence-electron chi connectivity index (χ3n) is 4.87. The largest absolute Gasteiger partial charge is 0.381 e. The van der Waals surface area contributed by atoms with Crippen LogP contribution in [0.4, 0.5) is 0 Å². The van der Waals surface area contributed by atoms with Crippen molar-refractivity contribution in [2.45, 2.75) is 50.5 Å². The fourth-order valence-corrected chi connectivity index (χ4v) is 3.53. The molecule has 1 aromatic rings. The van der Waals surface area contributed by atoms with E-state index in [1.165, 1.54) is 43.2 Å². The minimum Gasteiger partial charge on any atom is -0.381 e.